The molecule has 0 saturated heterocycles. The number of amides is 3. The van der Waals surface area contributed by atoms with Crippen LogP contribution in [0.2, 0.25) is 0 Å². The van der Waals surface area contributed by atoms with Crippen molar-refractivity contribution in [3.8, 4) is 0 Å². The van der Waals surface area contributed by atoms with Gasteiger partial charge in [-0.05, 0) is 61.0 Å². The highest BCUT2D eigenvalue weighted by atomic mass is 79.9. The molecule has 0 spiro atoms. The van der Waals surface area contributed by atoms with Crippen molar-refractivity contribution in [1.82, 2.24) is 10.3 Å². The van der Waals surface area contributed by atoms with E-state index in [1.54, 1.807) is 67.0 Å². The summed E-state index contributed by atoms with van der Waals surface area (Å²) in [5, 5.41) is 10.3. The zero-order chi connectivity index (χ0) is 26.9. The van der Waals surface area contributed by atoms with Gasteiger partial charge in [-0.1, -0.05) is 52.3 Å². The Labute approximate surface area is 236 Å². The summed E-state index contributed by atoms with van der Waals surface area (Å²) in [7, 11) is 0. The Balaban J connectivity index is 1.49. The molecule has 0 aliphatic carbocycles. The number of nitrogens with one attached hydrogen (secondary N) is 3. The lowest BCUT2D eigenvalue weighted by Gasteiger charge is -2.13. The number of carbonyl (C=O) groups is 3. The second-order valence-corrected chi connectivity index (χ2v) is 11.2. The topological polar surface area (TPSA) is 100 Å². The molecule has 0 saturated carbocycles. The molecule has 38 heavy (non-hydrogen) atoms. The minimum Gasteiger partial charge on any atom is -0.321 e. The monoisotopic (exact) mass is 606 g/mol. The van der Waals surface area contributed by atoms with E-state index in [0.717, 1.165) is 14.9 Å². The predicted octanol–water partition coefficient (Wildman–Crippen LogP) is 6.43. The van der Waals surface area contributed by atoms with E-state index < -0.39 is 11.8 Å². The highest BCUT2D eigenvalue weighted by Crippen LogP contribution is 2.27. The van der Waals surface area contributed by atoms with Gasteiger partial charge in [-0.3, -0.25) is 14.4 Å². The molecule has 4 aromatic rings. The number of aromatic nitrogens is 1. The molecule has 1 heterocycles. The van der Waals surface area contributed by atoms with Crippen LogP contribution in [0, 0.1) is 0 Å². The van der Waals surface area contributed by atoms with Crippen LogP contribution in [0.1, 0.15) is 22.8 Å². The molecule has 0 fully saturated rings. The molecule has 7 nitrogen and oxygen atoms in total. The molecular weight excluding hydrogens is 584 g/mol. The van der Waals surface area contributed by atoms with Gasteiger partial charge in [0, 0.05) is 32.2 Å². The number of benzene rings is 3. The Kier molecular flexibility index (Phi) is 9.47. The van der Waals surface area contributed by atoms with Crippen LogP contribution in [0.3, 0.4) is 0 Å². The average molecular weight is 608 g/mol. The van der Waals surface area contributed by atoms with Crippen molar-refractivity contribution in [3.05, 3.63) is 112 Å². The lowest BCUT2D eigenvalue weighted by Crippen LogP contribution is -2.30. The summed E-state index contributed by atoms with van der Waals surface area (Å²) in [6, 6.07) is 23.3. The second-order valence-electron chi connectivity index (χ2n) is 8.00. The highest BCUT2D eigenvalue weighted by molar-refractivity contribution is 9.10. The first-order valence-electron chi connectivity index (χ1n) is 11.5. The number of carbonyl (C=O) groups excluding carboxylic acids is 3. The van der Waals surface area contributed by atoms with Gasteiger partial charge in [-0.15, -0.1) is 23.1 Å². The van der Waals surface area contributed by atoms with Crippen LogP contribution < -0.4 is 16.0 Å². The first-order chi connectivity index (χ1) is 18.4. The molecule has 1 atom stereocenters. The Morgan fingerprint density at radius 2 is 1.76 bits per heavy atom. The molecule has 0 aliphatic rings. The third-order valence-electron chi connectivity index (χ3n) is 5.12. The minimum absolute atomic E-state index is 0.0891. The van der Waals surface area contributed by atoms with E-state index in [-0.39, 0.29) is 16.9 Å². The summed E-state index contributed by atoms with van der Waals surface area (Å²) in [4.78, 5) is 43.5. The summed E-state index contributed by atoms with van der Waals surface area (Å²) in [5.74, 6) is -1.04. The van der Waals surface area contributed by atoms with Crippen LogP contribution >= 0.6 is 39.0 Å². The average Bonchev–Trinajstić information content (AvgIpc) is 3.42. The van der Waals surface area contributed by atoms with E-state index in [1.165, 1.54) is 23.1 Å². The fourth-order valence-electron chi connectivity index (χ4n) is 3.30. The van der Waals surface area contributed by atoms with Crippen molar-refractivity contribution in [2.24, 2.45) is 0 Å². The summed E-state index contributed by atoms with van der Waals surface area (Å²) in [6.07, 6.45) is 3.25. The first kappa shape index (κ1) is 27.3. The van der Waals surface area contributed by atoms with Crippen molar-refractivity contribution >= 4 is 73.6 Å². The molecule has 3 aromatic carbocycles. The van der Waals surface area contributed by atoms with E-state index in [1.807, 2.05) is 36.4 Å². The molecule has 10 heteroatoms. The Morgan fingerprint density at radius 1 is 0.974 bits per heavy atom. The molecule has 0 aliphatic heterocycles. The van der Waals surface area contributed by atoms with E-state index in [2.05, 4.69) is 36.9 Å². The maximum atomic E-state index is 13.3. The standard InChI is InChI=1S/C28H23BrN4O3S2/c1-18(25(34)33-28-30-13-14-37-28)38-23-12-6-11-22(17-23)31-27(36)24(16-19-7-5-10-21(29)15-19)32-26(35)20-8-3-2-4-9-20/h2-18H,1H3,(H,31,36)(H,32,35)(H,30,33,34)/b24-16+. The zero-order valence-electron chi connectivity index (χ0n) is 20.2. The molecule has 4 rings (SSSR count). The summed E-state index contributed by atoms with van der Waals surface area (Å²) in [5.41, 5.74) is 1.79. The molecular formula is C28H23BrN4O3S2. The van der Waals surface area contributed by atoms with Gasteiger partial charge in [0.1, 0.15) is 5.70 Å². The SMILES string of the molecule is CC(Sc1cccc(NC(=O)/C(=C\c2cccc(Br)c2)NC(=O)c2ccccc2)c1)C(=O)Nc1nccs1. The van der Waals surface area contributed by atoms with E-state index in [4.69, 9.17) is 0 Å². The van der Waals surface area contributed by atoms with Gasteiger partial charge in [-0.2, -0.15) is 0 Å². The highest BCUT2D eigenvalue weighted by Gasteiger charge is 2.18. The number of hydrogen-bond donors (Lipinski definition) is 3. The second kappa shape index (κ2) is 13.2. The normalized spacial score (nSPS) is 11.9. The molecule has 0 bridgehead atoms. The number of hydrogen-bond acceptors (Lipinski definition) is 6. The van der Waals surface area contributed by atoms with Crippen molar-refractivity contribution in [1.29, 1.82) is 0 Å². The van der Waals surface area contributed by atoms with Gasteiger partial charge in [0.2, 0.25) is 5.91 Å². The van der Waals surface area contributed by atoms with Crippen LogP contribution in [0.15, 0.2) is 106 Å². The van der Waals surface area contributed by atoms with Gasteiger partial charge in [-0.25, -0.2) is 4.98 Å². The van der Waals surface area contributed by atoms with Gasteiger partial charge >= 0.3 is 0 Å². The van der Waals surface area contributed by atoms with Crippen molar-refractivity contribution in [2.45, 2.75) is 17.1 Å². The van der Waals surface area contributed by atoms with Crippen LogP contribution in [-0.4, -0.2) is 28.0 Å². The quantitative estimate of drug-likeness (QED) is 0.150. The first-order valence-corrected chi connectivity index (χ1v) is 14.0. The number of anilines is 2. The minimum atomic E-state index is -0.481. The summed E-state index contributed by atoms with van der Waals surface area (Å²) in [6.45, 7) is 1.80. The third-order valence-corrected chi connectivity index (χ3v) is 7.40. The van der Waals surface area contributed by atoms with Crippen molar-refractivity contribution in [2.75, 3.05) is 10.6 Å². The molecule has 1 unspecified atom stereocenters. The van der Waals surface area contributed by atoms with Gasteiger partial charge in [0.05, 0.1) is 5.25 Å². The third kappa shape index (κ3) is 7.88. The predicted molar refractivity (Wildman–Crippen MR) is 157 cm³/mol. The lowest BCUT2D eigenvalue weighted by molar-refractivity contribution is -0.115. The lowest BCUT2D eigenvalue weighted by atomic mass is 10.1. The van der Waals surface area contributed by atoms with Gasteiger partial charge in [0.15, 0.2) is 5.13 Å². The number of thioether (sulfide) groups is 1. The van der Waals surface area contributed by atoms with Crippen molar-refractivity contribution < 1.29 is 14.4 Å². The number of rotatable bonds is 9. The van der Waals surface area contributed by atoms with Crippen LogP contribution in [0.4, 0.5) is 10.8 Å². The van der Waals surface area contributed by atoms with Crippen molar-refractivity contribution in [3.63, 3.8) is 0 Å². The smallest absolute Gasteiger partial charge is 0.272 e. The Morgan fingerprint density at radius 3 is 2.50 bits per heavy atom. The van der Waals surface area contributed by atoms with E-state index in [0.29, 0.717) is 16.4 Å². The molecule has 1 aromatic heterocycles. The van der Waals surface area contributed by atoms with E-state index >= 15 is 0 Å². The number of thiazole rings is 1. The molecule has 0 radical (unpaired) electrons. The molecule has 3 amide bonds. The fourth-order valence-corrected chi connectivity index (χ4v) is 5.18. The van der Waals surface area contributed by atoms with Crippen LogP contribution in [-0.2, 0) is 9.59 Å². The summed E-state index contributed by atoms with van der Waals surface area (Å²) >= 11 is 6.15. The fraction of sp³-hybridized carbons (Fsp3) is 0.0714. The van der Waals surface area contributed by atoms with Crippen LogP contribution in [0.25, 0.3) is 6.08 Å². The Bertz CT molecular complexity index is 1460. The molecule has 192 valence electrons. The maximum Gasteiger partial charge on any atom is 0.272 e. The summed E-state index contributed by atoms with van der Waals surface area (Å²) < 4.78 is 0.845. The largest absolute Gasteiger partial charge is 0.321 e. The zero-order valence-corrected chi connectivity index (χ0v) is 23.4. The van der Waals surface area contributed by atoms with Gasteiger partial charge < -0.3 is 16.0 Å². The van der Waals surface area contributed by atoms with E-state index in [9.17, 15) is 14.4 Å². The van der Waals surface area contributed by atoms with Crippen LogP contribution in [0.5, 0.6) is 0 Å². The van der Waals surface area contributed by atoms with Gasteiger partial charge in [0.25, 0.3) is 11.8 Å². The Hall–Kier alpha value is -3.73. The molecule has 3 N–H and O–H groups in total. The maximum absolute atomic E-state index is 13.3. The number of halogens is 1. The number of nitrogens with zero attached hydrogens (tertiary/aromatic N) is 1.